The fourth-order valence-corrected chi connectivity index (χ4v) is 6.57. The van der Waals surface area contributed by atoms with Crippen molar-refractivity contribution in [3.63, 3.8) is 0 Å². The van der Waals surface area contributed by atoms with E-state index in [-0.39, 0.29) is 28.8 Å². The first kappa shape index (κ1) is 23.5. The first-order chi connectivity index (χ1) is 16.8. The van der Waals surface area contributed by atoms with Crippen LogP contribution in [0.3, 0.4) is 0 Å². The summed E-state index contributed by atoms with van der Waals surface area (Å²) in [4.78, 5) is 17.6. The zero-order valence-electron chi connectivity index (χ0n) is 19.3. The van der Waals surface area contributed by atoms with Gasteiger partial charge in [-0.15, -0.1) is 11.3 Å². The van der Waals surface area contributed by atoms with Crippen molar-refractivity contribution in [2.75, 3.05) is 4.90 Å². The van der Waals surface area contributed by atoms with Crippen LogP contribution >= 0.6 is 27.3 Å². The summed E-state index contributed by atoms with van der Waals surface area (Å²) in [7, 11) is 0. The topological polar surface area (TPSA) is 70.1 Å². The van der Waals surface area contributed by atoms with Crippen LogP contribution in [0.2, 0.25) is 0 Å². The Morgan fingerprint density at radius 3 is 2.51 bits per heavy atom. The summed E-state index contributed by atoms with van der Waals surface area (Å²) in [5.74, 6) is -0.968. The van der Waals surface area contributed by atoms with E-state index in [4.69, 9.17) is 5.73 Å². The Bertz CT molecular complexity index is 1450. The summed E-state index contributed by atoms with van der Waals surface area (Å²) < 4.78 is 15.9. The van der Waals surface area contributed by atoms with Gasteiger partial charge in [-0.05, 0) is 61.6 Å². The number of benzene rings is 2. The summed E-state index contributed by atoms with van der Waals surface area (Å²) in [5, 5.41) is 10.2. The third-order valence-corrected chi connectivity index (χ3v) is 8.25. The molecule has 0 unspecified atom stereocenters. The van der Waals surface area contributed by atoms with Crippen molar-refractivity contribution in [2.45, 2.75) is 38.5 Å². The second-order valence-corrected chi connectivity index (χ2v) is 11.3. The molecular weight excluding hydrogens is 525 g/mol. The van der Waals surface area contributed by atoms with Crippen LogP contribution in [-0.2, 0) is 4.79 Å². The third-order valence-electron chi connectivity index (χ3n) is 6.78. The molecule has 2 heterocycles. The number of rotatable bonds is 3. The molecule has 1 aromatic heterocycles. The lowest BCUT2D eigenvalue weighted by atomic mass is 9.72. The monoisotopic (exact) mass is 547 g/mol. The van der Waals surface area contributed by atoms with Gasteiger partial charge in [0.2, 0.25) is 0 Å². The predicted octanol–water partition coefficient (Wildman–Crippen LogP) is 6.97. The Balaban J connectivity index is 1.76. The van der Waals surface area contributed by atoms with E-state index in [1.54, 1.807) is 28.4 Å². The van der Waals surface area contributed by atoms with Crippen molar-refractivity contribution in [1.82, 2.24) is 0 Å². The fourth-order valence-electron chi connectivity index (χ4n) is 5.28. The number of hydrogen-bond acceptors (Lipinski definition) is 5. The SMILES string of the molecule is Cc1cc([C@H]2C(C#N)=C(N)N(c3ccc(Br)cc3F)C3=C2C(=O)C[C@@H](c2ccccc2)C3)c(C)s1. The summed E-state index contributed by atoms with van der Waals surface area (Å²) in [6, 6.07) is 18.9. The quantitative estimate of drug-likeness (QED) is 0.384. The Kier molecular flexibility index (Phi) is 6.12. The number of carbonyl (C=O) groups is 1. The third kappa shape index (κ3) is 4.01. The number of allylic oxidation sites excluding steroid dienone is 3. The number of nitrogens with zero attached hydrogens (tertiary/aromatic N) is 2. The van der Waals surface area contributed by atoms with Gasteiger partial charge < -0.3 is 5.73 Å². The van der Waals surface area contributed by atoms with Gasteiger partial charge in [-0.25, -0.2) is 4.39 Å². The highest BCUT2D eigenvalue weighted by molar-refractivity contribution is 9.10. The summed E-state index contributed by atoms with van der Waals surface area (Å²) in [6.07, 6.45) is 0.843. The normalized spacial score (nSPS) is 20.2. The highest BCUT2D eigenvalue weighted by Crippen LogP contribution is 2.50. The van der Waals surface area contributed by atoms with Crippen molar-refractivity contribution in [1.29, 1.82) is 5.26 Å². The van der Waals surface area contributed by atoms with Gasteiger partial charge in [-0.1, -0.05) is 46.3 Å². The average molecular weight is 548 g/mol. The molecule has 0 radical (unpaired) electrons. The minimum Gasteiger partial charge on any atom is -0.384 e. The highest BCUT2D eigenvalue weighted by atomic mass is 79.9. The number of carbonyl (C=O) groups excluding carboxylic acids is 1. The van der Waals surface area contributed by atoms with Crippen molar-refractivity contribution in [2.24, 2.45) is 5.73 Å². The van der Waals surface area contributed by atoms with Gasteiger partial charge in [-0.3, -0.25) is 9.69 Å². The minimum absolute atomic E-state index is 0.0314. The lowest BCUT2D eigenvalue weighted by Gasteiger charge is -2.41. The Morgan fingerprint density at radius 1 is 1.14 bits per heavy atom. The van der Waals surface area contributed by atoms with Crippen molar-refractivity contribution < 1.29 is 9.18 Å². The summed E-state index contributed by atoms with van der Waals surface area (Å²) in [5.41, 5.74) is 10.3. The van der Waals surface area contributed by atoms with E-state index in [2.05, 4.69) is 22.0 Å². The number of thiophene rings is 1. The molecule has 35 heavy (non-hydrogen) atoms. The summed E-state index contributed by atoms with van der Waals surface area (Å²) in [6.45, 7) is 4.01. The van der Waals surface area contributed by atoms with Gasteiger partial charge in [0.25, 0.3) is 0 Å². The molecule has 2 aliphatic rings. The van der Waals surface area contributed by atoms with Crippen LogP contribution in [0, 0.1) is 31.0 Å². The number of hydrogen-bond donors (Lipinski definition) is 1. The molecule has 2 N–H and O–H groups in total. The zero-order chi connectivity index (χ0) is 24.9. The molecule has 2 aromatic carbocycles. The molecule has 1 aliphatic carbocycles. The van der Waals surface area contributed by atoms with E-state index in [1.807, 2.05) is 50.2 Å². The second kappa shape index (κ2) is 9.10. The Labute approximate surface area is 216 Å². The maximum absolute atomic E-state index is 15.3. The average Bonchev–Trinajstić information content (AvgIpc) is 3.17. The van der Waals surface area contributed by atoms with Gasteiger partial charge in [-0.2, -0.15) is 5.26 Å². The smallest absolute Gasteiger partial charge is 0.162 e. The minimum atomic E-state index is -0.557. The molecule has 2 atom stereocenters. The van der Waals surface area contributed by atoms with Gasteiger partial charge >= 0.3 is 0 Å². The predicted molar refractivity (Wildman–Crippen MR) is 140 cm³/mol. The van der Waals surface area contributed by atoms with Crippen LogP contribution in [0.25, 0.3) is 0 Å². The number of halogens is 2. The maximum Gasteiger partial charge on any atom is 0.162 e. The van der Waals surface area contributed by atoms with Crippen LogP contribution in [0.4, 0.5) is 10.1 Å². The van der Waals surface area contributed by atoms with E-state index in [9.17, 15) is 10.1 Å². The molecule has 0 fully saturated rings. The lowest BCUT2D eigenvalue weighted by Crippen LogP contribution is -2.40. The van der Waals surface area contributed by atoms with Gasteiger partial charge in [0, 0.05) is 31.9 Å². The standard InChI is InChI=1S/C28H23BrFN3OS/c1-15-10-20(16(2)35-15)26-21(14-31)28(32)33(23-9-8-19(29)13-22(23)30)24-11-18(12-25(34)27(24)26)17-6-4-3-5-7-17/h3-10,13,18,26H,11-12,32H2,1-2H3/t18-,26-/m0/s1. The molecule has 0 amide bonds. The van der Waals surface area contributed by atoms with Crippen LogP contribution < -0.4 is 10.6 Å². The van der Waals surface area contributed by atoms with Gasteiger partial charge in [0.1, 0.15) is 11.6 Å². The number of anilines is 1. The van der Waals surface area contributed by atoms with E-state index in [1.165, 1.54) is 6.07 Å². The van der Waals surface area contributed by atoms with E-state index in [0.717, 1.165) is 20.9 Å². The first-order valence-electron chi connectivity index (χ1n) is 11.3. The largest absolute Gasteiger partial charge is 0.384 e. The van der Waals surface area contributed by atoms with Crippen LogP contribution in [0.1, 0.15) is 45.6 Å². The fraction of sp³-hybridized carbons (Fsp3) is 0.214. The van der Waals surface area contributed by atoms with Crippen LogP contribution in [-0.4, -0.2) is 5.78 Å². The first-order valence-corrected chi connectivity index (χ1v) is 12.9. The van der Waals surface area contributed by atoms with Crippen molar-refractivity contribution in [3.05, 3.63) is 108 Å². The second-order valence-electron chi connectivity index (χ2n) is 8.94. The number of aryl methyl sites for hydroxylation is 2. The number of Topliss-reactive ketones (excluding diaryl/α,β-unsaturated/α-hetero) is 1. The van der Waals surface area contributed by atoms with Crippen LogP contribution in [0.15, 0.2) is 81.7 Å². The highest BCUT2D eigenvalue weighted by Gasteiger charge is 2.44. The molecule has 176 valence electrons. The molecule has 3 aromatic rings. The van der Waals surface area contributed by atoms with Gasteiger partial charge in [0.15, 0.2) is 5.78 Å². The van der Waals surface area contributed by atoms with Crippen molar-refractivity contribution >= 4 is 38.7 Å². The molecule has 0 bridgehead atoms. The lowest BCUT2D eigenvalue weighted by molar-refractivity contribution is -0.116. The van der Waals surface area contributed by atoms with Crippen LogP contribution in [0.5, 0.6) is 0 Å². The number of ketones is 1. The molecule has 5 rings (SSSR count). The number of nitrogens with two attached hydrogens (primary N) is 1. The molecule has 0 saturated carbocycles. The number of nitriles is 1. The summed E-state index contributed by atoms with van der Waals surface area (Å²) >= 11 is 4.94. The van der Waals surface area contributed by atoms with E-state index < -0.39 is 11.7 Å². The maximum atomic E-state index is 15.3. The Morgan fingerprint density at radius 2 is 1.89 bits per heavy atom. The van der Waals surface area contributed by atoms with Gasteiger partial charge in [0.05, 0.1) is 23.2 Å². The van der Waals surface area contributed by atoms with Crippen molar-refractivity contribution in [3.8, 4) is 6.07 Å². The molecule has 0 spiro atoms. The van der Waals surface area contributed by atoms with E-state index in [0.29, 0.717) is 28.6 Å². The Hall–Kier alpha value is -3.21. The molecule has 4 nitrogen and oxygen atoms in total. The molecular formula is C28H23BrFN3OS. The molecule has 7 heteroatoms. The van der Waals surface area contributed by atoms with E-state index >= 15 is 4.39 Å². The molecule has 1 aliphatic heterocycles. The zero-order valence-corrected chi connectivity index (χ0v) is 21.7. The molecule has 0 saturated heterocycles.